The molecule has 0 saturated carbocycles. The van der Waals surface area contributed by atoms with Crippen LogP contribution < -0.4 is 5.32 Å². The summed E-state index contributed by atoms with van der Waals surface area (Å²) in [5.41, 5.74) is 3.23. The number of aryl methyl sites for hydroxylation is 2. The number of nitrogens with zero attached hydrogens (tertiary/aromatic N) is 1. The van der Waals surface area contributed by atoms with Crippen LogP contribution >= 0.6 is 23.2 Å². The Balaban J connectivity index is 2.22. The molecule has 174 valence electrons. The lowest BCUT2D eigenvalue weighted by atomic mass is 10.0. The first-order valence-corrected chi connectivity index (χ1v) is 12.2. The molecule has 0 bridgehead atoms. The zero-order valence-corrected chi connectivity index (χ0v) is 21.0. The van der Waals surface area contributed by atoms with Crippen LogP contribution in [0, 0.1) is 0 Å². The molecule has 2 unspecified atom stereocenters. The average Bonchev–Trinajstić information content (AvgIpc) is 2.79. The monoisotopic (exact) mass is 476 g/mol. The summed E-state index contributed by atoms with van der Waals surface area (Å²) in [5.74, 6) is -0.177. The van der Waals surface area contributed by atoms with E-state index in [1.807, 2.05) is 26.8 Å². The Morgan fingerprint density at radius 2 is 1.53 bits per heavy atom. The highest BCUT2D eigenvalue weighted by Gasteiger charge is 2.29. The average molecular weight is 477 g/mol. The molecule has 0 saturated heterocycles. The first kappa shape index (κ1) is 26.2. The van der Waals surface area contributed by atoms with Crippen LogP contribution in [0.25, 0.3) is 0 Å². The van der Waals surface area contributed by atoms with E-state index in [4.69, 9.17) is 23.2 Å². The maximum atomic E-state index is 13.3. The predicted molar refractivity (Wildman–Crippen MR) is 133 cm³/mol. The Bertz CT molecular complexity index is 899. The fourth-order valence-electron chi connectivity index (χ4n) is 3.53. The molecule has 0 radical (unpaired) electrons. The summed E-state index contributed by atoms with van der Waals surface area (Å²) in [6.07, 6.45) is 3.31. The molecule has 0 aliphatic heterocycles. The van der Waals surface area contributed by atoms with Crippen molar-refractivity contribution in [2.45, 2.75) is 78.4 Å². The van der Waals surface area contributed by atoms with E-state index in [1.54, 1.807) is 17.0 Å². The van der Waals surface area contributed by atoms with Gasteiger partial charge in [-0.2, -0.15) is 0 Å². The lowest BCUT2D eigenvalue weighted by molar-refractivity contribution is -0.141. The highest BCUT2D eigenvalue weighted by Crippen LogP contribution is 2.24. The molecule has 1 N–H and O–H groups in total. The summed E-state index contributed by atoms with van der Waals surface area (Å²) in [4.78, 5) is 28.0. The molecule has 0 aliphatic carbocycles. The van der Waals surface area contributed by atoms with Crippen molar-refractivity contribution in [2.24, 2.45) is 0 Å². The Kier molecular flexibility index (Phi) is 10.5. The van der Waals surface area contributed by atoms with Crippen LogP contribution in [-0.4, -0.2) is 28.8 Å². The maximum Gasteiger partial charge on any atom is 0.243 e. The zero-order valence-electron chi connectivity index (χ0n) is 19.5. The van der Waals surface area contributed by atoms with Crippen LogP contribution in [-0.2, 0) is 29.0 Å². The van der Waals surface area contributed by atoms with Crippen molar-refractivity contribution in [3.05, 3.63) is 69.2 Å². The fourth-order valence-corrected chi connectivity index (χ4v) is 3.85. The Labute approximate surface area is 202 Å². The number of carbonyl (C=O) groups excluding carboxylic acids is 2. The summed E-state index contributed by atoms with van der Waals surface area (Å²) in [6.45, 7) is 8.34. The number of hydrogen-bond acceptors (Lipinski definition) is 2. The number of benzene rings is 2. The Hall–Kier alpha value is -2.04. The van der Waals surface area contributed by atoms with E-state index in [-0.39, 0.29) is 17.9 Å². The number of amides is 2. The minimum Gasteiger partial charge on any atom is -0.352 e. The highest BCUT2D eigenvalue weighted by atomic mass is 35.5. The second-order valence-corrected chi connectivity index (χ2v) is 9.00. The molecular formula is C26H34Cl2N2O2. The van der Waals surface area contributed by atoms with Gasteiger partial charge in [0.25, 0.3) is 0 Å². The van der Waals surface area contributed by atoms with Crippen LogP contribution in [0.3, 0.4) is 0 Å². The summed E-state index contributed by atoms with van der Waals surface area (Å²) in [6, 6.07) is 13.2. The molecular weight excluding hydrogens is 443 g/mol. The van der Waals surface area contributed by atoms with Crippen molar-refractivity contribution < 1.29 is 9.59 Å². The third-order valence-electron chi connectivity index (χ3n) is 5.78. The molecule has 2 rings (SSSR count). The van der Waals surface area contributed by atoms with Crippen molar-refractivity contribution in [2.75, 3.05) is 0 Å². The second kappa shape index (κ2) is 12.9. The molecule has 2 aromatic rings. The Morgan fingerprint density at radius 3 is 2.09 bits per heavy atom. The predicted octanol–water partition coefficient (Wildman–Crippen LogP) is 6.21. The molecule has 32 heavy (non-hydrogen) atoms. The van der Waals surface area contributed by atoms with E-state index < -0.39 is 6.04 Å². The van der Waals surface area contributed by atoms with E-state index in [1.165, 1.54) is 5.56 Å². The summed E-state index contributed by atoms with van der Waals surface area (Å²) < 4.78 is 0. The number of hydrogen-bond donors (Lipinski definition) is 1. The Morgan fingerprint density at radius 1 is 0.906 bits per heavy atom. The minimum absolute atomic E-state index is 0.0514. The van der Waals surface area contributed by atoms with Gasteiger partial charge in [0.1, 0.15) is 6.04 Å². The molecule has 2 amide bonds. The maximum absolute atomic E-state index is 13.3. The van der Waals surface area contributed by atoms with Crippen LogP contribution in [0.4, 0.5) is 0 Å². The van der Waals surface area contributed by atoms with E-state index in [2.05, 4.69) is 36.5 Å². The number of halogens is 2. The summed E-state index contributed by atoms with van der Waals surface area (Å²) in [5, 5.41) is 3.93. The minimum atomic E-state index is -0.548. The molecule has 2 atom stereocenters. The normalized spacial score (nSPS) is 12.8. The van der Waals surface area contributed by atoms with Crippen molar-refractivity contribution >= 4 is 35.0 Å². The third kappa shape index (κ3) is 7.53. The van der Waals surface area contributed by atoms with Gasteiger partial charge in [0.15, 0.2) is 0 Å². The third-order valence-corrected chi connectivity index (χ3v) is 6.52. The zero-order chi connectivity index (χ0) is 23.7. The van der Waals surface area contributed by atoms with Crippen molar-refractivity contribution in [3.8, 4) is 0 Å². The van der Waals surface area contributed by atoms with E-state index >= 15 is 0 Å². The second-order valence-electron chi connectivity index (χ2n) is 8.18. The van der Waals surface area contributed by atoms with Gasteiger partial charge in [-0.05, 0) is 61.4 Å². The van der Waals surface area contributed by atoms with Gasteiger partial charge >= 0.3 is 0 Å². The molecule has 0 aromatic heterocycles. The first-order valence-electron chi connectivity index (χ1n) is 11.4. The number of rotatable bonds is 11. The number of carbonyl (C=O) groups is 2. The number of nitrogens with one attached hydrogen (secondary N) is 1. The standard InChI is InChI=1S/C26H34Cl2N2O2/c1-5-18(4)29-26(32)24(7-3)30(17-21-12-14-22(27)23(28)16-21)25(31)15-13-20-10-8-19(6-2)9-11-20/h8-12,14,16,18,24H,5-7,13,15,17H2,1-4H3,(H,29,32). The van der Waals surface area contributed by atoms with Gasteiger partial charge in [-0.15, -0.1) is 0 Å². The lowest BCUT2D eigenvalue weighted by Crippen LogP contribution is -2.50. The van der Waals surface area contributed by atoms with Crippen LogP contribution in [0.1, 0.15) is 63.6 Å². The van der Waals surface area contributed by atoms with Gasteiger partial charge in [0.2, 0.25) is 11.8 Å². The highest BCUT2D eigenvalue weighted by molar-refractivity contribution is 6.42. The van der Waals surface area contributed by atoms with Gasteiger partial charge in [0.05, 0.1) is 10.0 Å². The van der Waals surface area contributed by atoms with Gasteiger partial charge in [0, 0.05) is 19.0 Å². The molecule has 0 aliphatic rings. The van der Waals surface area contributed by atoms with Crippen LogP contribution in [0.15, 0.2) is 42.5 Å². The topological polar surface area (TPSA) is 49.4 Å². The first-order chi connectivity index (χ1) is 15.3. The van der Waals surface area contributed by atoms with Gasteiger partial charge in [-0.1, -0.05) is 74.3 Å². The van der Waals surface area contributed by atoms with Crippen LogP contribution in [0.2, 0.25) is 10.0 Å². The van der Waals surface area contributed by atoms with Crippen molar-refractivity contribution in [1.29, 1.82) is 0 Å². The molecule has 0 spiro atoms. The van der Waals surface area contributed by atoms with Crippen LogP contribution in [0.5, 0.6) is 0 Å². The van der Waals surface area contributed by atoms with E-state index in [0.29, 0.717) is 35.9 Å². The van der Waals surface area contributed by atoms with E-state index in [9.17, 15) is 9.59 Å². The summed E-state index contributed by atoms with van der Waals surface area (Å²) >= 11 is 12.2. The summed E-state index contributed by atoms with van der Waals surface area (Å²) in [7, 11) is 0. The molecule has 0 heterocycles. The van der Waals surface area contributed by atoms with Gasteiger partial charge in [-0.3, -0.25) is 9.59 Å². The molecule has 6 heteroatoms. The van der Waals surface area contributed by atoms with Gasteiger partial charge < -0.3 is 10.2 Å². The van der Waals surface area contributed by atoms with Gasteiger partial charge in [-0.25, -0.2) is 0 Å². The lowest BCUT2D eigenvalue weighted by Gasteiger charge is -2.31. The fraction of sp³-hybridized carbons (Fsp3) is 0.462. The van der Waals surface area contributed by atoms with Crippen molar-refractivity contribution in [1.82, 2.24) is 10.2 Å². The molecule has 0 fully saturated rings. The molecule has 4 nitrogen and oxygen atoms in total. The largest absolute Gasteiger partial charge is 0.352 e. The smallest absolute Gasteiger partial charge is 0.243 e. The quantitative estimate of drug-likeness (QED) is 0.418. The van der Waals surface area contributed by atoms with E-state index in [0.717, 1.165) is 24.0 Å². The SMILES string of the molecule is CCc1ccc(CCC(=O)N(Cc2ccc(Cl)c(Cl)c2)C(CC)C(=O)NC(C)CC)cc1. The van der Waals surface area contributed by atoms with Crippen molar-refractivity contribution in [3.63, 3.8) is 0 Å². The molecule has 2 aromatic carbocycles.